The highest BCUT2D eigenvalue weighted by molar-refractivity contribution is 6.19. The van der Waals surface area contributed by atoms with E-state index in [0.717, 1.165) is 55.1 Å². The lowest BCUT2D eigenvalue weighted by Gasteiger charge is -2.21. The van der Waals surface area contributed by atoms with Crippen LogP contribution >= 0.6 is 0 Å². The third-order valence-electron chi connectivity index (χ3n) is 12.9. The first-order chi connectivity index (χ1) is 30.7. The number of hydrogen-bond donors (Lipinski definition) is 0. The molecule has 3 aromatic heterocycles. The number of fused-ring (bicyclic) bond motifs is 11. The van der Waals surface area contributed by atoms with Crippen molar-refractivity contribution in [1.82, 2.24) is 4.57 Å². The van der Waals surface area contributed by atoms with Crippen LogP contribution in [0.5, 0.6) is 0 Å². The molecule has 0 bridgehead atoms. The molecule has 10 aromatic carbocycles. The maximum Gasteiger partial charge on any atom is 0.135 e. The molecular formula is C59H37NO2. The average molecular weight is 792 g/mol. The number of aromatic nitrogens is 1. The van der Waals surface area contributed by atoms with Crippen LogP contribution in [0, 0.1) is 0 Å². The lowest BCUT2D eigenvalue weighted by Crippen LogP contribution is -2.04. The fourth-order valence-electron chi connectivity index (χ4n) is 10.0. The minimum Gasteiger partial charge on any atom is -0.456 e. The van der Waals surface area contributed by atoms with Crippen LogP contribution in [0.2, 0.25) is 0 Å². The van der Waals surface area contributed by atoms with E-state index in [2.05, 4.69) is 205 Å². The molecule has 1 atom stereocenters. The van der Waals surface area contributed by atoms with Crippen molar-refractivity contribution >= 4 is 76.5 Å². The van der Waals surface area contributed by atoms with Crippen LogP contribution in [0.25, 0.3) is 104 Å². The Morgan fingerprint density at radius 3 is 1.68 bits per heavy atom. The molecule has 0 N–H and O–H groups in total. The van der Waals surface area contributed by atoms with E-state index in [1.807, 2.05) is 18.2 Å². The number of hydrogen-bond acceptors (Lipinski definition) is 2. The summed E-state index contributed by atoms with van der Waals surface area (Å²) in [7, 11) is 0. The molecule has 3 nitrogen and oxygen atoms in total. The molecule has 13 rings (SSSR count). The van der Waals surface area contributed by atoms with E-state index in [4.69, 9.17) is 8.83 Å². The van der Waals surface area contributed by atoms with Gasteiger partial charge in [0.25, 0.3) is 0 Å². The van der Waals surface area contributed by atoms with E-state index >= 15 is 0 Å². The normalized spacial score (nSPS) is 12.5. The second-order valence-electron chi connectivity index (χ2n) is 16.4. The van der Waals surface area contributed by atoms with Gasteiger partial charge in [0.15, 0.2) is 0 Å². The van der Waals surface area contributed by atoms with Gasteiger partial charge in [0.2, 0.25) is 0 Å². The summed E-state index contributed by atoms with van der Waals surface area (Å²) in [5, 5.41) is 9.56. The van der Waals surface area contributed by atoms with Crippen LogP contribution in [-0.4, -0.2) is 4.57 Å². The Hall–Kier alpha value is -8.14. The topological polar surface area (TPSA) is 31.2 Å². The standard InChI is InChI=1S/C59H37NO2/c1-2-12-44(13-3-1)60-52-36-43(30-32-46(52)48-33-29-39-11-4-5-14-45(39)59(48)60)38-23-27-41(28-24-38)57(50-17-10-20-56-58(50)49-16-7-9-19-54(49)62-56)40-25-21-37(22-26-40)42-31-34-55-51(35-42)47-15-6-8-18-53(47)61-55/h1-36,57H. The summed E-state index contributed by atoms with van der Waals surface area (Å²) in [6.45, 7) is 0. The number of para-hydroxylation sites is 3. The van der Waals surface area contributed by atoms with E-state index < -0.39 is 0 Å². The molecule has 1 unspecified atom stereocenters. The van der Waals surface area contributed by atoms with E-state index in [9.17, 15) is 0 Å². The summed E-state index contributed by atoms with van der Waals surface area (Å²) in [6.07, 6.45) is 0. The highest BCUT2D eigenvalue weighted by Crippen LogP contribution is 2.43. The van der Waals surface area contributed by atoms with Gasteiger partial charge in [-0.15, -0.1) is 0 Å². The second-order valence-corrected chi connectivity index (χ2v) is 16.4. The van der Waals surface area contributed by atoms with Crippen molar-refractivity contribution in [1.29, 1.82) is 0 Å². The summed E-state index contributed by atoms with van der Waals surface area (Å²) >= 11 is 0. The minimum atomic E-state index is -0.0422. The van der Waals surface area contributed by atoms with Crippen molar-refractivity contribution in [2.24, 2.45) is 0 Å². The van der Waals surface area contributed by atoms with Crippen LogP contribution < -0.4 is 0 Å². The lowest BCUT2D eigenvalue weighted by atomic mass is 9.82. The zero-order chi connectivity index (χ0) is 40.7. The summed E-state index contributed by atoms with van der Waals surface area (Å²) < 4.78 is 15.0. The van der Waals surface area contributed by atoms with Crippen molar-refractivity contribution in [3.8, 4) is 27.9 Å². The highest BCUT2D eigenvalue weighted by atomic mass is 16.3. The first-order valence-electron chi connectivity index (χ1n) is 21.3. The predicted molar refractivity (Wildman–Crippen MR) is 258 cm³/mol. The maximum absolute atomic E-state index is 6.44. The first kappa shape index (κ1) is 34.7. The molecule has 62 heavy (non-hydrogen) atoms. The minimum absolute atomic E-state index is 0.0422. The number of benzene rings is 10. The Bertz CT molecular complexity index is 3850. The van der Waals surface area contributed by atoms with Crippen LogP contribution in [0.15, 0.2) is 227 Å². The van der Waals surface area contributed by atoms with E-state index in [-0.39, 0.29) is 5.92 Å². The Kier molecular flexibility index (Phi) is 7.67. The van der Waals surface area contributed by atoms with Crippen molar-refractivity contribution in [2.75, 3.05) is 0 Å². The monoisotopic (exact) mass is 791 g/mol. The zero-order valence-electron chi connectivity index (χ0n) is 33.6. The Balaban J connectivity index is 0.944. The molecule has 0 spiro atoms. The van der Waals surface area contributed by atoms with Gasteiger partial charge in [0.05, 0.1) is 11.0 Å². The molecule has 290 valence electrons. The smallest absolute Gasteiger partial charge is 0.135 e. The molecule has 0 saturated carbocycles. The fraction of sp³-hybridized carbons (Fsp3) is 0.0169. The molecule has 0 saturated heterocycles. The Labute approximate surface area is 357 Å². The summed E-state index contributed by atoms with van der Waals surface area (Å²) in [4.78, 5) is 0. The van der Waals surface area contributed by atoms with Gasteiger partial charge in [-0.1, -0.05) is 170 Å². The van der Waals surface area contributed by atoms with Crippen LogP contribution in [0.3, 0.4) is 0 Å². The predicted octanol–water partition coefficient (Wildman–Crippen LogP) is 16.2. The van der Waals surface area contributed by atoms with Crippen molar-refractivity contribution in [3.63, 3.8) is 0 Å². The summed E-state index contributed by atoms with van der Waals surface area (Å²) in [5.74, 6) is -0.0422. The zero-order valence-corrected chi connectivity index (χ0v) is 33.6. The average Bonchev–Trinajstić information content (AvgIpc) is 4.02. The van der Waals surface area contributed by atoms with Crippen LogP contribution in [0.1, 0.15) is 22.6 Å². The third kappa shape index (κ3) is 5.38. The highest BCUT2D eigenvalue weighted by Gasteiger charge is 2.23. The second kappa shape index (κ2) is 13.7. The maximum atomic E-state index is 6.44. The van der Waals surface area contributed by atoms with Crippen LogP contribution in [0.4, 0.5) is 0 Å². The molecule has 0 radical (unpaired) electrons. The van der Waals surface area contributed by atoms with Gasteiger partial charge in [-0.3, -0.25) is 0 Å². The van der Waals surface area contributed by atoms with Crippen LogP contribution in [-0.2, 0) is 0 Å². The van der Waals surface area contributed by atoms with Gasteiger partial charge in [-0.2, -0.15) is 0 Å². The number of furan rings is 2. The number of nitrogens with zero attached hydrogens (tertiary/aromatic N) is 1. The molecular weight excluding hydrogens is 755 g/mol. The third-order valence-corrected chi connectivity index (χ3v) is 12.9. The lowest BCUT2D eigenvalue weighted by molar-refractivity contribution is 0.668. The van der Waals surface area contributed by atoms with E-state index in [1.165, 1.54) is 66.0 Å². The SMILES string of the molecule is c1ccc(-n2c3cc(-c4ccc(C(c5ccc(-c6ccc7oc8ccccc8c7c6)cc5)c5cccc6oc7ccccc7c56)cc4)ccc3c3ccc4ccccc4c32)cc1. The molecule has 0 aliphatic rings. The Morgan fingerprint density at radius 2 is 0.903 bits per heavy atom. The molecule has 0 aliphatic carbocycles. The fourth-order valence-corrected chi connectivity index (χ4v) is 10.0. The molecule has 0 fully saturated rings. The molecule has 0 amide bonds. The molecule has 3 heteroatoms. The first-order valence-corrected chi connectivity index (χ1v) is 21.3. The summed E-state index contributed by atoms with van der Waals surface area (Å²) in [5.41, 5.74) is 15.5. The van der Waals surface area contributed by atoms with Gasteiger partial charge < -0.3 is 13.4 Å². The van der Waals surface area contributed by atoms with Gasteiger partial charge >= 0.3 is 0 Å². The van der Waals surface area contributed by atoms with E-state index in [0.29, 0.717) is 0 Å². The molecule has 0 aliphatic heterocycles. The quantitative estimate of drug-likeness (QED) is 0.157. The number of rotatable bonds is 6. The molecule has 13 aromatic rings. The van der Waals surface area contributed by atoms with Gasteiger partial charge in [-0.25, -0.2) is 0 Å². The Morgan fingerprint density at radius 1 is 0.339 bits per heavy atom. The van der Waals surface area contributed by atoms with Crippen molar-refractivity contribution in [3.05, 3.63) is 235 Å². The van der Waals surface area contributed by atoms with Gasteiger partial charge in [-0.05, 0) is 92.9 Å². The van der Waals surface area contributed by atoms with Crippen molar-refractivity contribution in [2.45, 2.75) is 5.92 Å². The van der Waals surface area contributed by atoms with E-state index in [1.54, 1.807) is 0 Å². The van der Waals surface area contributed by atoms with Gasteiger partial charge in [0.1, 0.15) is 22.3 Å². The molecule has 3 heterocycles. The summed E-state index contributed by atoms with van der Waals surface area (Å²) in [6, 6.07) is 78.9. The largest absolute Gasteiger partial charge is 0.456 e. The van der Waals surface area contributed by atoms with Crippen molar-refractivity contribution < 1.29 is 8.83 Å². The van der Waals surface area contributed by atoms with Gasteiger partial charge in [0, 0.05) is 49.3 Å².